The van der Waals surface area contributed by atoms with Crippen LogP contribution in [0.5, 0.6) is 0 Å². The van der Waals surface area contributed by atoms with Gasteiger partial charge in [-0.2, -0.15) is 5.10 Å². The van der Waals surface area contributed by atoms with Gasteiger partial charge < -0.3 is 0 Å². The van der Waals surface area contributed by atoms with Crippen LogP contribution in [0.4, 0.5) is 8.78 Å². The minimum absolute atomic E-state index is 0.0930. The van der Waals surface area contributed by atoms with Crippen molar-refractivity contribution in [2.45, 2.75) is 23.3 Å². The van der Waals surface area contributed by atoms with Crippen molar-refractivity contribution < 1.29 is 8.78 Å². The van der Waals surface area contributed by atoms with Crippen molar-refractivity contribution >= 4 is 34.9 Å². The van der Waals surface area contributed by atoms with E-state index in [2.05, 4.69) is 10.2 Å². The molecule has 2 aliphatic heterocycles. The van der Waals surface area contributed by atoms with Crippen molar-refractivity contribution in [3.8, 4) is 0 Å². The molecule has 1 aliphatic carbocycles. The predicted octanol–water partition coefficient (Wildman–Crippen LogP) is 2.96. The van der Waals surface area contributed by atoms with Gasteiger partial charge in [-0.25, -0.2) is 8.78 Å². The average molecular weight is 260 g/mol. The van der Waals surface area contributed by atoms with Gasteiger partial charge in [0.15, 0.2) is 0 Å². The van der Waals surface area contributed by atoms with Crippen LogP contribution in [0.2, 0.25) is 0 Å². The van der Waals surface area contributed by atoms with Gasteiger partial charge in [-0.15, -0.1) is 28.6 Å². The van der Waals surface area contributed by atoms with Crippen LogP contribution in [0.3, 0.4) is 0 Å². The third-order valence-corrected chi connectivity index (χ3v) is 6.44. The minimum atomic E-state index is -2.51. The number of halogens is 2. The average Bonchev–Trinajstić information content (AvgIpc) is 2.85. The van der Waals surface area contributed by atoms with Crippen LogP contribution < -0.4 is 0 Å². The van der Waals surface area contributed by atoms with Crippen LogP contribution in [0, 0.1) is 0 Å². The molecular formula is C10H10F2N2S2. The molecule has 0 aromatic carbocycles. The third-order valence-electron chi connectivity index (χ3n) is 2.93. The molecule has 3 rings (SSSR count). The van der Waals surface area contributed by atoms with E-state index in [1.165, 1.54) is 0 Å². The van der Waals surface area contributed by atoms with Gasteiger partial charge >= 0.3 is 0 Å². The van der Waals surface area contributed by atoms with E-state index >= 15 is 0 Å². The first-order valence-electron chi connectivity index (χ1n) is 5.16. The minimum Gasteiger partial charge on any atom is -0.203 e. The van der Waals surface area contributed by atoms with Crippen molar-refractivity contribution in [3.05, 3.63) is 11.6 Å². The second-order valence-corrected chi connectivity index (χ2v) is 6.89. The topological polar surface area (TPSA) is 24.7 Å². The molecule has 0 amide bonds. The zero-order chi connectivity index (χ0) is 11.2. The number of alkyl halides is 2. The fourth-order valence-corrected chi connectivity index (χ4v) is 5.50. The molecule has 0 N–H and O–H groups in total. The molecule has 1 saturated heterocycles. The van der Waals surface area contributed by atoms with Crippen molar-refractivity contribution in [1.29, 1.82) is 0 Å². The Morgan fingerprint density at radius 1 is 1.25 bits per heavy atom. The fraction of sp³-hybridized carbons (Fsp3) is 0.600. The number of allylic oxidation sites excluding steroid dienone is 2. The van der Waals surface area contributed by atoms with E-state index in [0.29, 0.717) is 5.57 Å². The highest BCUT2D eigenvalue weighted by Crippen LogP contribution is 2.52. The van der Waals surface area contributed by atoms with Crippen LogP contribution >= 0.6 is 23.5 Å². The molecule has 0 aromatic rings. The zero-order valence-electron chi connectivity index (χ0n) is 8.45. The Bertz CT molecular complexity index is 409. The van der Waals surface area contributed by atoms with Gasteiger partial charge in [0, 0.05) is 17.1 Å². The predicted molar refractivity (Wildman–Crippen MR) is 65.8 cm³/mol. The van der Waals surface area contributed by atoms with E-state index in [0.717, 1.165) is 30.1 Å². The summed E-state index contributed by atoms with van der Waals surface area (Å²) in [5.41, 5.74) is 1.24. The van der Waals surface area contributed by atoms with Crippen LogP contribution in [0.15, 0.2) is 21.9 Å². The largest absolute Gasteiger partial charge is 0.282 e. The molecule has 0 unspecified atom stereocenters. The second kappa shape index (κ2) is 3.84. The number of thioether (sulfide) groups is 2. The van der Waals surface area contributed by atoms with E-state index in [1.54, 1.807) is 0 Å². The molecule has 1 fully saturated rings. The Balaban J connectivity index is 1.96. The number of fused-ring (bicyclic) bond motifs is 2. The molecule has 2 nitrogen and oxygen atoms in total. The lowest BCUT2D eigenvalue weighted by atomic mass is 9.93. The van der Waals surface area contributed by atoms with Gasteiger partial charge in [0.1, 0.15) is 9.79 Å². The fourth-order valence-electron chi connectivity index (χ4n) is 2.24. The van der Waals surface area contributed by atoms with E-state index in [1.807, 2.05) is 29.6 Å². The third kappa shape index (κ3) is 1.46. The lowest BCUT2D eigenvalue weighted by molar-refractivity contribution is 0.226. The molecule has 1 spiro atoms. The lowest BCUT2D eigenvalue weighted by Gasteiger charge is -2.30. The first-order valence-corrected chi connectivity index (χ1v) is 7.13. The number of hydrogen-bond donors (Lipinski definition) is 0. The van der Waals surface area contributed by atoms with Crippen LogP contribution in [-0.2, 0) is 0 Å². The molecule has 0 aromatic heterocycles. The Morgan fingerprint density at radius 2 is 2.00 bits per heavy atom. The smallest absolute Gasteiger partial charge is 0.203 e. The molecule has 0 atom stereocenters. The SMILES string of the molecule is FC(F)C1=NN=C2C1=CCCC21SCCS1. The Kier molecular flexibility index (Phi) is 2.58. The Labute approximate surface area is 101 Å². The van der Waals surface area contributed by atoms with E-state index in [9.17, 15) is 8.78 Å². The quantitative estimate of drug-likeness (QED) is 0.724. The standard InChI is InChI=1S/C10H10F2N2S2/c11-9(12)7-6-2-1-3-10(8(6)14-13-7)15-4-5-16-10/h2,9H,1,3-5H2. The maximum Gasteiger partial charge on any atom is 0.282 e. The highest BCUT2D eigenvalue weighted by molar-refractivity contribution is 8.22. The lowest BCUT2D eigenvalue weighted by Crippen LogP contribution is -2.35. The summed E-state index contributed by atoms with van der Waals surface area (Å²) in [4.78, 5) is 0. The highest BCUT2D eigenvalue weighted by atomic mass is 32.2. The molecule has 16 heavy (non-hydrogen) atoms. The molecule has 0 radical (unpaired) electrons. The van der Waals surface area contributed by atoms with Crippen molar-refractivity contribution in [3.63, 3.8) is 0 Å². The van der Waals surface area contributed by atoms with Crippen LogP contribution in [0.25, 0.3) is 0 Å². The molecule has 0 saturated carbocycles. The molecule has 2 heterocycles. The zero-order valence-corrected chi connectivity index (χ0v) is 10.1. The maximum absolute atomic E-state index is 12.7. The monoisotopic (exact) mass is 260 g/mol. The number of nitrogens with zero attached hydrogens (tertiary/aromatic N) is 2. The van der Waals surface area contributed by atoms with E-state index in [-0.39, 0.29) is 9.79 Å². The first-order chi connectivity index (χ1) is 7.73. The van der Waals surface area contributed by atoms with Gasteiger partial charge in [-0.05, 0) is 12.8 Å². The Hall–Kier alpha value is -0.360. The number of hydrogen-bond acceptors (Lipinski definition) is 4. The summed E-state index contributed by atoms with van der Waals surface area (Å²) in [5.74, 6) is 2.14. The summed E-state index contributed by atoms with van der Waals surface area (Å²) in [5, 5.41) is 7.67. The molecule has 86 valence electrons. The van der Waals surface area contributed by atoms with Gasteiger partial charge in [-0.1, -0.05) is 6.08 Å². The van der Waals surface area contributed by atoms with E-state index in [4.69, 9.17) is 0 Å². The molecular weight excluding hydrogens is 250 g/mol. The summed E-state index contributed by atoms with van der Waals surface area (Å²) in [6, 6.07) is 0. The van der Waals surface area contributed by atoms with Gasteiger partial charge in [0.25, 0.3) is 6.43 Å². The highest BCUT2D eigenvalue weighted by Gasteiger charge is 2.47. The van der Waals surface area contributed by atoms with Crippen molar-refractivity contribution in [2.75, 3.05) is 11.5 Å². The number of rotatable bonds is 1. The second-order valence-electron chi connectivity index (χ2n) is 3.84. The first kappa shape index (κ1) is 10.8. The van der Waals surface area contributed by atoms with Gasteiger partial charge in [0.2, 0.25) is 0 Å². The summed E-state index contributed by atoms with van der Waals surface area (Å²) < 4.78 is 25.4. The summed E-state index contributed by atoms with van der Waals surface area (Å²) in [6.45, 7) is 0. The summed E-state index contributed by atoms with van der Waals surface area (Å²) in [7, 11) is 0. The maximum atomic E-state index is 12.7. The van der Waals surface area contributed by atoms with Crippen LogP contribution in [-0.4, -0.2) is 33.4 Å². The van der Waals surface area contributed by atoms with Crippen molar-refractivity contribution in [1.82, 2.24) is 0 Å². The van der Waals surface area contributed by atoms with Gasteiger partial charge in [-0.3, -0.25) is 0 Å². The molecule has 3 aliphatic rings. The van der Waals surface area contributed by atoms with Crippen LogP contribution in [0.1, 0.15) is 12.8 Å². The summed E-state index contributed by atoms with van der Waals surface area (Å²) in [6.07, 6.45) is 1.18. The van der Waals surface area contributed by atoms with Crippen molar-refractivity contribution in [2.24, 2.45) is 10.2 Å². The Morgan fingerprint density at radius 3 is 2.69 bits per heavy atom. The molecule has 6 heteroatoms. The van der Waals surface area contributed by atoms with E-state index < -0.39 is 6.43 Å². The molecule has 0 bridgehead atoms. The normalized spacial score (nSPS) is 26.8. The van der Waals surface area contributed by atoms with Gasteiger partial charge in [0.05, 0.1) is 5.71 Å². The summed E-state index contributed by atoms with van der Waals surface area (Å²) >= 11 is 3.66.